The fourth-order valence-electron chi connectivity index (χ4n) is 2.99. The molecule has 1 aliphatic rings. The molecule has 0 aromatic heterocycles. The molecule has 5 nitrogen and oxygen atoms in total. The Labute approximate surface area is 148 Å². The zero-order valence-electron chi connectivity index (χ0n) is 14.4. The van der Waals surface area contributed by atoms with Crippen LogP contribution in [-0.2, 0) is 9.59 Å². The van der Waals surface area contributed by atoms with Gasteiger partial charge in [0.05, 0.1) is 19.1 Å². The summed E-state index contributed by atoms with van der Waals surface area (Å²) in [5.74, 6) is -0.0852. The van der Waals surface area contributed by atoms with Crippen LogP contribution in [0.1, 0.15) is 18.5 Å². The second-order valence-corrected chi connectivity index (χ2v) is 6.34. The number of benzene rings is 2. The van der Waals surface area contributed by atoms with Crippen molar-refractivity contribution in [2.75, 3.05) is 26.2 Å². The number of nitrogens with one attached hydrogen (secondary N) is 2. The highest BCUT2D eigenvalue weighted by Gasteiger charge is 2.19. The lowest BCUT2D eigenvalue weighted by Gasteiger charge is -2.26. The summed E-state index contributed by atoms with van der Waals surface area (Å²) in [6.07, 6.45) is 0. The Morgan fingerprint density at radius 3 is 2.48 bits per heavy atom. The molecule has 2 N–H and O–H groups in total. The molecule has 1 aliphatic heterocycles. The molecule has 1 saturated heterocycles. The maximum atomic E-state index is 12.2. The van der Waals surface area contributed by atoms with Gasteiger partial charge in [-0.2, -0.15) is 0 Å². The van der Waals surface area contributed by atoms with Crippen molar-refractivity contribution < 1.29 is 9.59 Å². The van der Waals surface area contributed by atoms with Crippen molar-refractivity contribution >= 4 is 11.8 Å². The van der Waals surface area contributed by atoms with Crippen LogP contribution in [0.4, 0.5) is 0 Å². The molecule has 25 heavy (non-hydrogen) atoms. The summed E-state index contributed by atoms with van der Waals surface area (Å²) < 4.78 is 0. The van der Waals surface area contributed by atoms with Crippen molar-refractivity contribution in [2.24, 2.45) is 0 Å². The van der Waals surface area contributed by atoms with Gasteiger partial charge in [-0.05, 0) is 23.6 Å². The maximum Gasteiger partial charge on any atom is 0.234 e. The first-order chi connectivity index (χ1) is 12.1. The van der Waals surface area contributed by atoms with E-state index in [9.17, 15) is 9.59 Å². The standard InChI is InChI=1S/C20H23N3O2/c1-15(22-20(25)14-23-12-11-21-19(24)13-23)16-7-9-18(10-8-16)17-5-3-2-4-6-17/h2-10,15H,11-14H2,1H3,(H,21,24)(H,22,25)/t15-/m1/s1. The first-order valence-electron chi connectivity index (χ1n) is 8.55. The molecular weight excluding hydrogens is 314 g/mol. The number of amides is 2. The topological polar surface area (TPSA) is 61.4 Å². The van der Waals surface area contributed by atoms with Crippen LogP contribution >= 0.6 is 0 Å². The summed E-state index contributed by atoms with van der Waals surface area (Å²) in [7, 11) is 0. The van der Waals surface area contributed by atoms with E-state index < -0.39 is 0 Å². The second kappa shape index (κ2) is 7.94. The zero-order chi connectivity index (χ0) is 17.6. The van der Waals surface area contributed by atoms with Crippen LogP contribution < -0.4 is 10.6 Å². The van der Waals surface area contributed by atoms with Crippen LogP contribution in [0.15, 0.2) is 54.6 Å². The molecule has 2 aromatic carbocycles. The predicted octanol–water partition coefficient (Wildman–Crippen LogP) is 1.96. The number of carbonyl (C=O) groups excluding carboxylic acids is 2. The van der Waals surface area contributed by atoms with Gasteiger partial charge in [0.15, 0.2) is 0 Å². The van der Waals surface area contributed by atoms with Crippen LogP contribution in [0.2, 0.25) is 0 Å². The van der Waals surface area contributed by atoms with Gasteiger partial charge in [0.1, 0.15) is 0 Å². The molecule has 0 spiro atoms. The highest BCUT2D eigenvalue weighted by Crippen LogP contribution is 2.21. The molecule has 0 aliphatic carbocycles. The smallest absolute Gasteiger partial charge is 0.234 e. The first-order valence-corrected chi connectivity index (χ1v) is 8.55. The molecule has 0 bridgehead atoms. The number of hydrogen-bond donors (Lipinski definition) is 2. The van der Waals surface area contributed by atoms with Crippen molar-refractivity contribution in [3.8, 4) is 11.1 Å². The number of piperazine rings is 1. The molecule has 2 amide bonds. The minimum atomic E-state index is -0.0732. The van der Waals surface area contributed by atoms with Gasteiger partial charge in [-0.15, -0.1) is 0 Å². The summed E-state index contributed by atoms with van der Waals surface area (Å²) in [6.45, 7) is 3.81. The number of nitrogens with zero attached hydrogens (tertiary/aromatic N) is 1. The summed E-state index contributed by atoms with van der Waals surface area (Å²) in [5, 5.41) is 5.76. The fraction of sp³-hybridized carbons (Fsp3) is 0.300. The summed E-state index contributed by atoms with van der Waals surface area (Å²) in [4.78, 5) is 25.4. The quantitative estimate of drug-likeness (QED) is 0.877. The highest BCUT2D eigenvalue weighted by atomic mass is 16.2. The molecule has 5 heteroatoms. The summed E-state index contributed by atoms with van der Waals surface area (Å²) in [5.41, 5.74) is 3.39. The molecule has 3 rings (SSSR count). The van der Waals surface area contributed by atoms with Crippen molar-refractivity contribution in [3.05, 3.63) is 60.2 Å². The lowest BCUT2D eigenvalue weighted by molar-refractivity contribution is -0.127. The zero-order valence-corrected chi connectivity index (χ0v) is 14.4. The molecular formula is C20H23N3O2. The Kier molecular flexibility index (Phi) is 5.46. The van der Waals surface area contributed by atoms with Crippen LogP contribution in [0.25, 0.3) is 11.1 Å². The van der Waals surface area contributed by atoms with E-state index >= 15 is 0 Å². The number of carbonyl (C=O) groups is 2. The predicted molar refractivity (Wildman–Crippen MR) is 97.9 cm³/mol. The Balaban J connectivity index is 1.56. The van der Waals surface area contributed by atoms with Gasteiger partial charge < -0.3 is 10.6 Å². The van der Waals surface area contributed by atoms with Gasteiger partial charge in [0.2, 0.25) is 11.8 Å². The van der Waals surface area contributed by atoms with E-state index in [1.807, 2.05) is 42.2 Å². The van der Waals surface area contributed by atoms with Crippen molar-refractivity contribution in [1.29, 1.82) is 0 Å². The molecule has 2 aromatic rings. The molecule has 130 valence electrons. The molecule has 1 fully saturated rings. The van der Waals surface area contributed by atoms with E-state index in [-0.39, 0.29) is 30.9 Å². The lowest BCUT2D eigenvalue weighted by Crippen LogP contribution is -2.50. The van der Waals surface area contributed by atoms with Crippen molar-refractivity contribution in [2.45, 2.75) is 13.0 Å². The largest absolute Gasteiger partial charge is 0.354 e. The third kappa shape index (κ3) is 4.67. The van der Waals surface area contributed by atoms with E-state index in [4.69, 9.17) is 0 Å². The van der Waals surface area contributed by atoms with Crippen LogP contribution in [0.3, 0.4) is 0 Å². The van der Waals surface area contributed by atoms with Crippen LogP contribution in [0.5, 0.6) is 0 Å². The number of rotatable bonds is 5. The third-order valence-corrected chi connectivity index (χ3v) is 4.38. The van der Waals surface area contributed by atoms with E-state index in [0.29, 0.717) is 13.1 Å². The van der Waals surface area contributed by atoms with Gasteiger partial charge in [-0.25, -0.2) is 0 Å². The SMILES string of the molecule is C[C@@H](NC(=O)CN1CCNC(=O)C1)c1ccc(-c2ccccc2)cc1. The molecule has 1 atom stereocenters. The third-order valence-electron chi connectivity index (χ3n) is 4.38. The Morgan fingerprint density at radius 2 is 1.80 bits per heavy atom. The normalized spacial score (nSPS) is 16.1. The maximum absolute atomic E-state index is 12.2. The van der Waals surface area contributed by atoms with E-state index in [2.05, 4.69) is 34.9 Å². The Bertz CT molecular complexity index is 728. The minimum Gasteiger partial charge on any atom is -0.354 e. The van der Waals surface area contributed by atoms with Crippen molar-refractivity contribution in [3.63, 3.8) is 0 Å². The average Bonchev–Trinajstić information content (AvgIpc) is 2.62. The average molecular weight is 337 g/mol. The van der Waals surface area contributed by atoms with E-state index in [0.717, 1.165) is 11.1 Å². The number of hydrogen-bond acceptors (Lipinski definition) is 3. The van der Waals surface area contributed by atoms with Gasteiger partial charge in [-0.1, -0.05) is 54.6 Å². The van der Waals surface area contributed by atoms with Gasteiger partial charge >= 0.3 is 0 Å². The molecule has 0 unspecified atom stereocenters. The van der Waals surface area contributed by atoms with Crippen LogP contribution in [0, 0.1) is 0 Å². The molecule has 1 heterocycles. The van der Waals surface area contributed by atoms with Crippen LogP contribution in [-0.4, -0.2) is 42.9 Å². The Morgan fingerprint density at radius 1 is 1.12 bits per heavy atom. The monoisotopic (exact) mass is 337 g/mol. The molecule has 0 saturated carbocycles. The molecule has 0 radical (unpaired) electrons. The van der Waals surface area contributed by atoms with Crippen molar-refractivity contribution in [1.82, 2.24) is 15.5 Å². The highest BCUT2D eigenvalue weighted by molar-refractivity contribution is 5.82. The summed E-state index contributed by atoms with van der Waals surface area (Å²) in [6, 6.07) is 18.4. The second-order valence-electron chi connectivity index (χ2n) is 6.34. The first kappa shape index (κ1) is 17.2. The summed E-state index contributed by atoms with van der Waals surface area (Å²) >= 11 is 0. The Hall–Kier alpha value is -2.66. The van der Waals surface area contributed by atoms with Gasteiger partial charge in [0, 0.05) is 13.1 Å². The van der Waals surface area contributed by atoms with E-state index in [1.54, 1.807) is 0 Å². The van der Waals surface area contributed by atoms with Gasteiger partial charge in [-0.3, -0.25) is 14.5 Å². The van der Waals surface area contributed by atoms with E-state index in [1.165, 1.54) is 5.56 Å². The van der Waals surface area contributed by atoms with Gasteiger partial charge in [0.25, 0.3) is 0 Å². The minimum absolute atomic E-state index is 0.0244. The lowest BCUT2D eigenvalue weighted by atomic mass is 10.0. The fourth-order valence-corrected chi connectivity index (χ4v) is 2.99.